The van der Waals surface area contributed by atoms with Gasteiger partial charge in [-0.3, -0.25) is 9.52 Å². The van der Waals surface area contributed by atoms with Crippen molar-refractivity contribution in [2.45, 2.75) is 50.2 Å². The lowest BCUT2D eigenvalue weighted by atomic mass is 9.92. The van der Waals surface area contributed by atoms with E-state index in [1.807, 2.05) is 37.3 Å². The molecule has 1 amide bonds. The Kier molecular flexibility index (Phi) is 7.70. The average molecular weight is 417 g/mol. The van der Waals surface area contributed by atoms with Crippen LogP contribution in [-0.4, -0.2) is 23.7 Å². The Morgan fingerprint density at radius 2 is 1.97 bits per heavy atom. The fourth-order valence-corrected chi connectivity index (χ4v) is 4.67. The first-order valence-corrected chi connectivity index (χ1v) is 11.0. The summed E-state index contributed by atoms with van der Waals surface area (Å²) in [6, 6.07) is 14.2. The highest BCUT2D eigenvalue weighted by Gasteiger charge is 2.33. The molecular formula is C23H29FN2O2S. The Labute approximate surface area is 176 Å². The molecule has 0 heterocycles. The van der Waals surface area contributed by atoms with Gasteiger partial charge in [0.05, 0.1) is 17.0 Å². The molecule has 2 aromatic carbocycles. The third-order valence-corrected chi connectivity index (χ3v) is 6.36. The standard InChI is InChI=1S/C23H29FN2O2S/c1-3-16(12-15(2)14-25-29-21-11-7-6-10-19(21)24)23(28)26-22-18-9-5-4-8-17(18)13-20(22)27/h4-11,15-16,20,22,25,27H,3,12-14H2,1-2H3,(H,26,28). The minimum atomic E-state index is -0.579. The zero-order valence-electron chi connectivity index (χ0n) is 16.9. The van der Waals surface area contributed by atoms with Crippen LogP contribution in [0.2, 0.25) is 0 Å². The minimum absolute atomic E-state index is 0.0122. The van der Waals surface area contributed by atoms with Crippen molar-refractivity contribution in [2.75, 3.05) is 6.54 Å². The van der Waals surface area contributed by atoms with Crippen LogP contribution in [0.15, 0.2) is 53.4 Å². The summed E-state index contributed by atoms with van der Waals surface area (Å²) in [5.74, 6) is -0.114. The summed E-state index contributed by atoms with van der Waals surface area (Å²) in [6.07, 6.45) is 1.47. The molecule has 0 saturated heterocycles. The molecule has 4 unspecified atom stereocenters. The molecule has 0 spiro atoms. The number of carbonyl (C=O) groups is 1. The van der Waals surface area contributed by atoms with E-state index in [4.69, 9.17) is 0 Å². The van der Waals surface area contributed by atoms with Crippen LogP contribution in [0, 0.1) is 17.7 Å². The monoisotopic (exact) mass is 416 g/mol. The van der Waals surface area contributed by atoms with Crippen LogP contribution in [0.4, 0.5) is 4.39 Å². The third kappa shape index (κ3) is 5.59. The van der Waals surface area contributed by atoms with Gasteiger partial charge in [0, 0.05) is 18.9 Å². The maximum absolute atomic E-state index is 13.7. The lowest BCUT2D eigenvalue weighted by Gasteiger charge is -2.24. The van der Waals surface area contributed by atoms with Crippen LogP contribution in [0.1, 0.15) is 43.9 Å². The van der Waals surface area contributed by atoms with Crippen LogP contribution < -0.4 is 10.0 Å². The molecule has 156 valence electrons. The van der Waals surface area contributed by atoms with Crippen molar-refractivity contribution in [1.29, 1.82) is 0 Å². The molecule has 0 fully saturated rings. The topological polar surface area (TPSA) is 61.4 Å². The molecule has 3 rings (SSSR count). The summed E-state index contributed by atoms with van der Waals surface area (Å²) >= 11 is 1.28. The number of nitrogens with one attached hydrogen (secondary N) is 2. The predicted molar refractivity (Wildman–Crippen MR) is 115 cm³/mol. The van der Waals surface area contributed by atoms with Crippen molar-refractivity contribution in [3.63, 3.8) is 0 Å². The van der Waals surface area contributed by atoms with Gasteiger partial charge in [0.15, 0.2) is 0 Å². The zero-order valence-corrected chi connectivity index (χ0v) is 17.7. The summed E-state index contributed by atoms with van der Waals surface area (Å²) in [5, 5.41) is 13.5. The molecule has 3 N–H and O–H groups in total. The fraction of sp³-hybridized carbons (Fsp3) is 0.435. The molecule has 1 aliphatic rings. The zero-order chi connectivity index (χ0) is 20.8. The second kappa shape index (κ2) is 10.2. The van der Waals surface area contributed by atoms with Gasteiger partial charge in [-0.1, -0.05) is 50.2 Å². The largest absolute Gasteiger partial charge is 0.390 e. The summed E-state index contributed by atoms with van der Waals surface area (Å²) in [6.45, 7) is 4.78. The summed E-state index contributed by atoms with van der Waals surface area (Å²) in [4.78, 5) is 13.4. The Morgan fingerprint density at radius 1 is 1.24 bits per heavy atom. The Balaban J connectivity index is 1.50. The van der Waals surface area contributed by atoms with Crippen molar-refractivity contribution in [1.82, 2.24) is 10.0 Å². The number of amides is 1. The molecule has 0 aromatic heterocycles. The van der Waals surface area contributed by atoms with Gasteiger partial charge in [-0.25, -0.2) is 4.39 Å². The van der Waals surface area contributed by atoms with Crippen LogP contribution in [-0.2, 0) is 11.2 Å². The average Bonchev–Trinajstić information content (AvgIpc) is 3.02. The maximum Gasteiger partial charge on any atom is 0.223 e. The fourth-order valence-electron chi connectivity index (χ4n) is 3.84. The van der Waals surface area contributed by atoms with E-state index in [9.17, 15) is 14.3 Å². The third-order valence-electron chi connectivity index (χ3n) is 5.50. The van der Waals surface area contributed by atoms with Gasteiger partial charge < -0.3 is 10.4 Å². The number of aliphatic hydroxyl groups is 1. The molecule has 29 heavy (non-hydrogen) atoms. The van der Waals surface area contributed by atoms with Gasteiger partial charge >= 0.3 is 0 Å². The quantitative estimate of drug-likeness (QED) is 0.535. The lowest BCUT2D eigenvalue weighted by Crippen LogP contribution is -2.38. The number of hydrogen-bond acceptors (Lipinski definition) is 4. The number of rotatable bonds is 9. The van der Waals surface area contributed by atoms with Crippen molar-refractivity contribution in [2.24, 2.45) is 11.8 Å². The first-order valence-electron chi connectivity index (χ1n) is 10.2. The summed E-state index contributed by atoms with van der Waals surface area (Å²) in [5.41, 5.74) is 2.11. The van der Waals surface area contributed by atoms with Gasteiger partial charge in [-0.2, -0.15) is 0 Å². The van der Waals surface area contributed by atoms with Crippen molar-refractivity contribution >= 4 is 17.9 Å². The number of benzene rings is 2. The first kappa shape index (κ1) is 21.8. The normalized spacial score (nSPS) is 20.1. The van der Waals surface area contributed by atoms with Crippen LogP contribution in [0.3, 0.4) is 0 Å². The van der Waals surface area contributed by atoms with Gasteiger partial charge in [-0.05, 0) is 54.0 Å². The van der Waals surface area contributed by atoms with Gasteiger partial charge in [0.1, 0.15) is 5.82 Å². The molecule has 0 bridgehead atoms. The van der Waals surface area contributed by atoms with Crippen molar-refractivity contribution in [3.8, 4) is 0 Å². The van der Waals surface area contributed by atoms with Gasteiger partial charge in [0.25, 0.3) is 0 Å². The smallest absolute Gasteiger partial charge is 0.223 e. The summed E-state index contributed by atoms with van der Waals surface area (Å²) < 4.78 is 16.9. The molecule has 4 nitrogen and oxygen atoms in total. The first-order chi connectivity index (χ1) is 14.0. The predicted octanol–water partition coefficient (Wildman–Crippen LogP) is 4.25. The molecule has 1 aliphatic carbocycles. The Morgan fingerprint density at radius 3 is 2.72 bits per heavy atom. The van der Waals surface area contributed by atoms with Crippen molar-refractivity contribution < 1.29 is 14.3 Å². The van der Waals surface area contributed by atoms with Gasteiger partial charge in [-0.15, -0.1) is 0 Å². The number of aliphatic hydroxyl groups excluding tert-OH is 1. The van der Waals surface area contributed by atoms with E-state index >= 15 is 0 Å². The molecule has 4 atom stereocenters. The molecule has 0 aliphatic heterocycles. The van der Waals surface area contributed by atoms with Crippen LogP contribution in [0.25, 0.3) is 0 Å². The molecule has 6 heteroatoms. The molecule has 0 radical (unpaired) electrons. The van der Waals surface area contributed by atoms with E-state index in [0.717, 1.165) is 24.0 Å². The second-order valence-electron chi connectivity index (χ2n) is 7.78. The van der Waals surface area contributed by atoms with E-state index in [1.54, 1.807) is 12.1 Å². The number of carbonyl (C=O) groups excluding carboxylic acids is 1. The molecular weight excluding hydrogens is 387 g/mol. The maximum atomic E-state index is 13.7. The van der Waals surface area contributed by atoms with E-state index in [-0.39, 0.29) is 29.6 Å². The SMILES string of the molecule is CCC(CC(C)CNSc1ccccc1F)C(=O)NC1c2ccccc2CC1O. The van der Waals surface area contributed by atoms with E-state index in [0.29, 0.717) is 17.9 Å². The number of fused-ring (bicyclic) bond motifs is 1. The van der Waals surface area contributed by atoms with E-state index < -0.39 is 6.10 Å². The molecule has 2 aromatic rings. The van der Waals surface area contributed by atoms with Gasteiger partial charge in [0.2, 0.25) is 5.91 Å². The highest BCUT2D eigenvalue weighted by molar-refractivity contribution is 7.97. The summed E-state index contributed by atoms with van der Waals surface area (Å²) in [7, 11) is 0. The Bertz CT molecular complexity index is 832. The number of halogens is 1. The Hall–Kier alpha value is -1.89. The van der Waals surface area contributed by atoms with E-state index in [2.05, 4.69) is 17.0 Å². The second-order valence-corrected chi connectivity index (χ2v) is 8.72. The van der Waals surface area contributed by atoms with Crippen molar-refractivity contribution in [3.05, 3.63) is 65.5 Å². The molecule has 0 saturated carbocycles. The number of hydrogen-bond donors (Lipinski definition) is 3. The van der Waals surface area contributed by atoms with Crippen LogP contribution >= 0.6 is 11.9 Å². The van der Waals surface area contributed by atoms with E-state index in [1.165, 1.54) is 18.0 Å². The van der Waals surface area contributed by atoms with Crippen LogP contribution in [0.5, 0.6) is 0 Å². The minimum Gasteiger partial charge on any atom is -0.390 e. The highest BCUT2D eigenvalue weighted by atomic mass is 32.2. The lowest BCUT2D eigenvalue weighted by molar-refractivity contribution is -0.127. The highest BCUT2D eigenvalue weighted by Crippen LogP contribution is 2.32.